The first-order chi connectivity index (χ1) is 9.29. The van der Waals surface area contributed by atoms with Crippen LogP contribution in [0.3, 0.4) is 0 Å². The highest BCUT2D eigenvalue weighted by Crippen LogP contribution is 2.28. The van der Waals surface area contributed by atoms with Gasteiger partial charge >= 0.3 is 0 Å². The van der Waals surface area contributed by atoms with Crippen LogP contribution < -0.4 is 10.5 Å². The Labute approximate surface area is 131 Å². The molecule has 0 aliphatic rings. The third kappa shape index (κ3) is 3.30. The van der Waals surface area contributed by atoms with Gasteiger partial charge in [0.05, 0.1) is 21.4 Å². The summed E-state index contributed by atoms with van der Waals surface area (Å²) in [6.45, 7) is 0. The molecule has 0 bridgehead atoms. The monoisotopic (exact) mass is 350 g/mol. The number of sulfonamides is 1. The molecule has 0 aliphatic heterocycles. The molecular weight excluding hydrogens is 343 g/mol. The maximum Gasteiger partial charge on any atom is 0.263 e. The summed E-state index contributed by atoms with van der Waals surface area (Å²) < 4.78 is 26.9. The van der Waals surface area contributed by atoms with Crippen molar-refractivity contribution in [3.05, 3.63) is 51.5 Å². The van der Waals surface area contributed by atoms with Crippen LogP contribution >= 0.6 is 34.8 Å². The molecule has 0 saturated heterocycles. The van der Waals surface area contributed by atoms with Gasteiger partial charge in [-0.2, -0.15) is 0 Å². The fourth-order valence-electron chi connectivity index (χ4n) is 1.51. The van der Waals surface area contributed by atoms with Crippen LogP contribution in [0.15, 0.2) is 41.3 Å². The first-order valence-corrected chi connectivity index (χ1v) is 7.94. The second-order valence-corrected chi connectivity index (χ2v) is 6.82. The molecule has 0 saturated carbocycles. The van der Waals surface area contributed by atoms with E-state index >= 15 is 0 Å². The predicted molar refractivity (Wildman–Crippen MR) is 83.1 cm³/mol. The number of halogens is 3. The van der Waals surface area contributed by atoms with Crippen molar-refractivity contribution in [1.29, 1.82) is 0 Å². The Balaban J connectivity index is 2.40. The molecule has 2 aromatic carbocycles. The number of benzene rings is 2. The van der Waals surface area contributed by atoms with E-state index in [1.54, 1.807) is 0 Å². The van der Waals surface area contributed by atoms with E-state index in [1.807, 2.05) is 0 Å². The van der Waals surface area contributed by atoms with E-state index in [1.165, 1.54) is 36.4 Å². The van der Waals surface area contributed by atoms with Crippen LogP contribution in [0.5, 0.6) is 0 Å². The summed E-state index contributed by atoms with van der Waals surface area (Å²) in [7, 11) is -3.86. The zero-order valence-corrected chi connectivity index (χ0v) is 13.0. The molecule has 4 nitrogen and oxygen atoms in total. The molecule has 0 atom stereocenters. The average Bonchev–Trinajstić information content (AvgIpc) is 2.36. The number of hydrogen-bond donors (Lipinski definition) is 2. The number of rotatable bonds is 3. The number of nitrogen functional groups attached to an aromatic ring is 1. The molecular formula is C12H9Cl3N2O2S. The summed E-state index contributed by atoms with van der Waals surface area (Å²) >= 11 is 17.4. The van der Waals surface area contributed by atoms with Gasteiger partial charge in [-0.15, -0.1) is 0 Å². The van der Waals surface area contributed by atoms with E-state index in [2.05, 4.69) is 4.72 Å². The van der Waals surface area contributed by atoms with E-state index in [9.17, 15) is 8.42 Å². The summed E-state index contributed by atoms with van der Waals surface area (Å²) in [6, 6.07) is 8.59. The van der Waals surface area contributed by atoms with Crippen LogP contribution in [0.4, 0.5) is 11.4 Å². The van der Waals surface area contributed by atoms with Crippen molar-refractivity contribution in [2.45, 2.75) is 4.90 Å². The summed E-state index contributed by atoms with van der Waals surface area (Å²) in [5.74, 6) is 0. The fourth-order valence-corrected chi connectivity index (χ4v) is 3.25. The number of anilines is 2. The van der Waals surface area contributed by atoms with E-state index < -0.39 is 10.0 Å². The van der Waals surface area contributed by atoms with Crippen molar-refractivity contribution >= 4 is 56.2 Å². The molecule has 0 aliphatic carbocycles. The average molecular weight is 352 g/mol. The van der Waals surface area contributed by atoms with Crippen LogP contribution in [-0.4, -0.2) is 8.42 Å². The van der Waals surface area contributed by atoms with Crippen molar-refractivity contribution in [2.75, 3.05) is 10.5 Å². The highest BCUT2D eigenvalue weighted by Gasteiger charge is 2.18. The van der Waals surface area contributed by atoms with Crippen molar-refractivity contribution in [1.82, 2.24) is 0 Å². The molecule has 2 aromatic rings. The molecule has 106 valence electrons. The van der Waals surface area contributed by atoms with Gasteiger partial charge in [-0.05, 0) is 36.4 Å². The Bertz CT molecular complexity index is 763. The van der Waals surface area contributed by atoms with Crippen LogP contribution in [0.25, 0.3) is 0 Å². The van der Waals surface area contributed by atoms with Gasteiger partial charge in [-0.3, -0.25) is 4.72 Å². The SMILES string of the molecule is Nc1ccc(Cl)cc1S(=O)(=O)Nc1ccc(Cl)c(Cl)c1. The minimum absolute atomic E-state index is 0.0990. The normalized spacial score (nSPS) is 11.3. The van der Waals surface area contributed by atoms with E-state index in [0.29, 0.717) is 5.02 Å². The van der Waals surface area contributed by atoms with Gasteiger partial charge in [-0.25, -0.2) is 8.42 Å². The molecule has 3 N–H and O–H groups in total. The lowest BCUT2D eigenvalue weighted by Gasteiger charge is -2.11. The molecule has 20 heavy (non-hydrogen) atoms. The summed E-state index contributed by atoms with van der Waals surface area (Å²) in [6.07, 6.45) is 0. The Morgan fingerprint density at radius 1 is 0.950 bits per heavy atom. The lowest BCUT2D eigenvalue weighted by atomic mass is 10.3. The van der Waals surface area contributed by atoms with Gasteiger partial charge < -0.3 is 5.73 Å². The molecule has 0 fully saturated rings. The Kier molecular flexibility index (Phi) is 4.34. The summed E-state index contributed by atoms with van der Waals surface area (Å²) in [4.78, 5) is -0.101. The maximum absolute atomic E-state index is 12.2. The van der Waals surface area contributed by atoms with Crippen LogP contribution in [0.1, 0.15) is 0 Å². The lowest BCUT2D eigenvalue weighted by Crippen LogP contribution is -2.14. The third-order valence-electron chi connectivity index (χ3n) is 2.44. The molecule has 0 aromatic heterocycles. The second-order valence-electron chi connectivity index (χ2n) is 3.92. The Morgan fingerprint density at radius 3 is 2.30 bits per heavy atom. The standard InChI is InChI=1S/C12H9Cl3N2O2S/c13-7-1-4-11(16)12(5-7)20(18,19)17-8-2-3-9(14)10(15)6-8/h1-6,17H,16H2. The van der Waals surface area contributed by atoms with Crippen molar-refractivity contribution in [2.24, 2.45) is 0 Å². The zero-order valence-electron chi connectivity index (χ0n) is 9.90. The highest BCUT2D eigenvalue weighted by molar-refractivity contribution is 7.92. The first-order valence-electron chi connectivity index (χ1n) is 5.32. The zero-order chi connectivity index (χ0) is 14.9. The molecule has 0 spiro atoms. The molecule has 0 radical (unpaired) electrons. The van der Waals surface area contributed by atoms with E-state index in [-0.39, 0.29) is 26.3 Å². The van der Waals surface area contributed by atoms with E-state index in [4.69, 9.17) is 40.5 Å². The minimum atomic E-state index is -3.86. The predicted octanol–water partition coefficient (Wildman–Crippen LogP) is 4.03. The quantitative estimate of drug-likeness (QED) is 0.820. The van der Waals surface area contributed by atoms with Crippen molar-refractivity contribution < 1.29 is 8.42 Å². The second kappa shape index (κ2) is 5.69. The summed E-state index contributed by atoms with van der Waals surface area (Å²) in [5, 5.41) is 0.844. The Hall–Kier alpha value is -1.14. The first kappa shape index (κ1) is 15.3. The van der Waals surface area contributed by atoms with Gasteiger partial charge in [0, 0.05) is 5.02 Å². The third-order valence-corrected chi connectivity index (χ3v) is 4.85. The molecule has 0 amide bonds. The van der Waals surface area contributed by atoms with Crippen LogP contribution in [0.2, 0.25) is 15.1 Å². The molecule has 0 heterocycles. The van der Waals surface area contributed by atoms with Crippen LogP contribution in [0, 0.1) is 0 Å². The molecule has 2 rings (SSSR count). The molecule has 8 heteroatoms. The lowest BCUT2D eigenvalue weighted by molar-refractivity contribution is 0.601. The fraction of sp³-hybridized carbons (Fsp3) is 0. The van der Waals surface area contributed by atoms with Crippen LogP contribution in [-0.2, 0) is 10.0 Å². The highest BCUT2D eigenvalue weighted by atomic mass is 35.5. The summed E-state index contributed by atoms with van der Waals surface area (Å²) in [5.41, 5.74) is 6.03. The number of nitrogens with two attached hydrogens (primary N) is 1. The topological polar surface area (TPSA) is 72.2 Å². The smallest absolute Gasteiger partial charge is 0.263 e. The van der Waals surface area contributed by atoms with Gasteiger partial charge in [0.15, 0.2) is 0 Å². The van der Waals surface area contributed by atoms with Gasteiger partial charge in [-0.1, -0.05) is 34.8 Å². The van der Waals surface area contributed by atoms with Crippen molar-refractivity contribution in [3.8, 4) is 0 Å². The Morgan fingerprint density at radius 2 is 1.65 bits per heavy atom. The number of nitrogens with one attached hydrogen (secondary N) is 1. The van der Waals surface area contributed by atoms with Gasteiger partial charge in [0.1, 0.15) is 4.90 Å². The van der Waals surface area contributed by atoms with E-state index in [0.717, 1.165) is 0 Å². The molecule has 0 unspecified atom stereocenters. The van der Waals surface area contributed by atoms with Crippen molar-refractivity contribution in [3.63, 3.8) is 0 Å². The van der Waals surface area contributed by atoms with Gasteiger partial charge in [0.25, 0.3) is 10.0 Å². The number of hydrogen-bond acceptors (Lipinski definition) is 3. The van der Waals surface area contributed by atoms with Gasteiger partial charge in [0.2, 0.25) is 0 Å². The largest absolute Gasteiger partial charge is 0.398 e. The minimum Gasteiger partial charge on any atom is -0.398 e. The maximum atomic E-state index is 12.2.